The van der Waals surface area contributed by atoms with E-state index in [0.29, 0.717) is 0 Å². The maximum atomic E-state index is 12.6. The Morgan fingerprint density at radius 1 is 0.875 bits per heavy atom. The highest BCUT2D eigenvalue weighted by Gasteiger charge is 2.46. The molecule has 9 heteroatoms. The van der Waals surface area contributed by atoms with Crippen molar-refractivity contribution in [2.45, 2.75) is 39.1 Å². The summed E-state index contributed by atoms with van der Waals surface area (Å²) in [5, 5.41) is 0. The second kappa shape index (κ2) is 10.1. The van der Waals surface area contributed by atoms with Gasteiger partial charge in [0.05, 0.1) is 26.1 Å². The van der Waals surface area contributed by atoms with E-state index in [1.807, 2.05) is 0 Å². The Hall–Kier alpha value is -1.87. The lowest BCUT2D eigenvalue weighted by Crippen LogP contribution is -2.41. The van der Waals surface area contributed by atoms with Crippen LogP contribution < -0.4 is 0 Å². The number of carbonyl (C=O) groups is 3. The van der Waals surface area contributed by atoms with Crippen molar-refractivity contribution in [2.75, 3.05) is 40.5 Å². The molecule has 0 aliphatic carbocycles. The first-order valence-electron chi connectivity index (χ1n) is 7.94. The van der Waals surface area contributed by atoms with Gasteiger partial charge in [-0.1, -0.05) is 0 Å². The molecular formula is C15H26N2O7. The van der Waals surface area contributed by atoms with Crippen LogP contribution in [0.3, 0.4) is 0 Å². The molecule has 0 spiro atoms. The topological polar surface area (TPSA) is 94.6 Å². The predicted octanol–water partition coefficient (Wildman–Crippen LogP) is 0.575. The number of urea groups is 1. The standard InChI is InChI=1S/C15H26N2O7/c1-5-23-11(18)7-9-16-13(21-3)14(22-4)17(15(16)20)10-8-12(19)24-6-2/h13-14H,5-10H2,1-4H3. The molecule has 0 N–H and O–H groups in total. The fourth-order valence-electron chi connectivity index (χ4n) is 2.51. The smallest absolute Gasteiger partial charge is 0.324 e. The Balaban J connectivity index is 2.73. The molecule has 0 aromatic rings. The van der Waals surface area contributed by atoms with Crippen LogP contribution in [-0.2, 0) is 28.5 Å². The van der Waals surface area contributed by atoms with Crippen molar-refractivity contribution in [3.05, 3.63) is 0 Å². The second-order valence-corrected chi connectivity index (χ2v) is 5.03. The summed E-state index contributed by atoms with van der Waals surface area (Å²) in [6.45, 7) is 4.29. The molecule has 0 bridgehead atoms. The van der Waals surface area contributed by atoms with Gasteiger partial charge in [-0.05, 0) is 13.8 Å². The van der Waals surface area contributed by atoms with Gasteiger partial charge in [0.25, 0.3) is 0 Å². The van der Waals surface area contributed by atoms with E-state index in [-0.39, 0.29) is 57.1 Å². The minimum Gasteiger partial charge on any atom is -0.466 e. The Labute approximate surface area is 141 Å². The average molecular weight is 346 g/mol. The zero-order chi connectivity index (χ0) is 18.1. The number of esters is 2. The fourth-order valence-corrected chi connectivity index (χ4v) is 2.51. The van der Waals surface area contributed by atoms with Crippen molar-refractivity contribution in [1.29, 1.82) is 0 Å². The van der Waals surface area contributed by atoms with Gasteiger partial charge in [-0.3, -0.25) is 19.4 Å². The molecule has 0 aromatic heterocycles. The van der Waals surface area contributed by atoms with Gasteiger partial charge in [-0.25, -0.2) is 4.79 Å². The van der Waals surface area contributed by atoms with E-state index in [4.69, 9.17) is 18.9 Å². The monoisotopic (exact) mass is 346 g/mol. The first-order valence-corrected chi connectivity index (χ1v) is 7.94. The van der Waals surface area contributed by atoms with Crippen LogP contribution in [0.5, 0.6) is 0 Å². The number of hydrogen-bond acceptors (Lipinski definition) is 7. The highest BCUT2D eigenvalue weighted by molar-refractivity contribution is 5.79. The van der Waals surface area contributed by atoms with Crippen LogP contribution in [0.1, 0.15) is 26.7 Å². The number of carbonyl (C=O) groups excluding carboxylic acids is 3. The van der Waals surface area contributed by atoms with Gasteiger partial charge in [0, 0.05) is 27.3 Å². The minimum atomic E-state index is -0.667. The second-order valence-electron chi connectivity index (χ2n) is 5.03. The maximum absolute atomic E-state index is 12.6. The summed E-state index contributed by atoms with van der Waals surface area (Å²) >= 11 is 0. The molecule has 0 saturated carbocycles. The number of hydrogen-bond donors (Lipinski definition) is 0. The Morgan fingerprint density at radius 3 is 1.54 bits per heavy atom. The van der Waals surface area contributed by atoms with Crippen LogP contribution in [0.2, 0.25) is 0 Å². The molecule has 0 aromatic carbocycles. The summed E-state index contributed by atoms with van der Waals surface area (Å²) in [6, 6.07) is -0.359. The molecular weight excluding hydrogens is 320 g/mol. The molecule has 0 radical (unpaired) electrons. The van der Waals surface area contributed by atoms with E-state index in [0.717, 1.165) is 0 Å². The first-order chi connectivity index (χ1) is 11.5. The normalized spacial score (nSPS) is 20.4. The van der Waals surface area contributed by atoms with Gasteiger partial charge in [0.15, 0.2) is 12.5 Å². The predicted molar refractivity (Wildman–Crippen MR) is 82.9 cm³/mol. The van der Waals surface area contributed by atoms with E-state index >= 15 is 0 Å². The number of amides is 2. The molecule has 9 nitrogen and oxygen atoms in total. The highest BCUT2D eigenvalue weighted by atomic mass is 16.6. The van der Waals surface area contributed by atoms with Crippen LogP contribution in [0.25, 0.3) is 0 Å². The van der Waals surface area contributed by atoms with Crippen molar-refractivity contribution < 1.29 is 33.3 Å². The zero-order valence-electron chi connectivity index (χ0n) is 14.6. The third kappa shape index (κ3) is 5.07. The summed E-state index contributed by atoms with van der Waals surface area (Å²) < 4.78 is 20.4. The van der Waals surface area contributed by atoms with Gasteiger partial charge < -0.3 is 18.9 Å². The van der Waals surface area contributed by atoms with Gasteiger partial charge in [-0.2, -0.15) is 0 Å². The van der Waals surface area contributed by atoms with Gasteiger partial charge in [-0.15, -0.1) is 0 Å². The van der Waals surface area contributed by atoms with Gasteiger partial charge in [0.2, 0.25) is 0 Å². The Kier molecular flexibility index (Phi) is 8.48. The molecule has 1 heterocycles. The lowest BCUT2D eigenvalue weighted by molar-refractivity contribution is -0.146. The lowest BCUT2D eigenvalue weighted by Gasteiger charge is -2.25. The van der Waals surface area contributed by atoms with Gasteiger partial charge >= 0.3 is 18.0 Å². The molecule has 1 fully saturated rings. The SMILES string of the molecule is CCOC(=O)CCN1C(=O)N(CCC(=O)OCC)C(OC)C1OC. The fraction of sp³-hybridized carbons (Fsp3) is 0.800. The molecule has 24 heavy (non-hydrogen) atoms. The summed E-state index contributed by atoms with van der Waals surface area (Å²) in [5.74, 6) is -0.779. The van der Waals surface area contributed by atoms with E-state index in [1.54, 1.807) is 13.8 Å². The van der Waals surface area contributed by atoms with Crippen molar-refractivity contribution in [1.82, 2.24) is 9.80 Å². The molecule has 1 aliphatic rings. The van der Waals surface area contributed by atoms with Crippen LogP contribution >= 0.6 is 0 Å². The number of ether oxygens (including phenoxy) is 4. The quantitative estimate of drug-likeness (QED) is 0.534. The zero-order valence-corrected chi connectivity index (χ0v) is 14.6. The van der Waals surface area contributed by atoms with E-state index < -0.39 is 12.5 Å². The lowest BCUT2D eigenvalue weighted by atomic mass is 10.3. The number of nitrogens with zero attached hydrogens (tertiary/aromatic N) is 2. The molecule has 2 amide bonds. The first kappa shape index (κ1) is 20.2. The van der Waals surface area contributed by atoms with Crippen LogP contribution in [0, 0.1) is 0 Å². The maximum Gasteiger partial charge on any atom is 0.324 e. The summed E-state index contributed by atoms with van der Waals surface area (Å²) in [6.07, 6.45) is -1.22. The largest absolute Gasteiger partial charge is 0.466 e. The van der Waals surface area contributed by atoms with E-state index in [2.05, 4.69) is 0 Å². The number of methoxy groups -OCH3 is 2. The molecule has 1 saturated heterocycles. The summed E-state index contributed by atoms with van der Waals surface area (Å²) in [7, 11) is 2.91. The molecule has 2 atom stereocenters. The van der Waals surface area contributed by atoms with E-state index in [9.17, 15) is 14.4 Å². The summed E-state index contributed by atoms with van der Waals surface area (Å²) in [4.78, 5) is 38.4. The van der Waals surface area contributed by atoms with Gasteiger partial charge in [0.1, 0.15) is 0 Å². The van der Waals surface area contributed by atoms with Crippen molar-refractivity contribution in [2.24, 2.45) is 0 Å². The van der Waals surface area contributed by atoms with Crippen molar-refractivity contribution >= 4 is 18.0 Å². The Morgan fingerprint density at radius 2 is 1.25 bits per heavy atom. The molecule has 138 valence electrons. The minimum absolute atomic E-state index is 0.0571. The van der Waals surface area contributed by atoms with Crippen molar-refractivity contribution in [3.63, 3.8) is 0 Å². The molecule has 1 aliphatic heterocycles. The third-order valence-electron chi connectivity index (χ3n) is 3.56. The van der Waals surface area contributed by atoms with Crippen LogP contribution in [0.4, 0.5) is 4.79 Å². The summed E-state index contributed by atoms with van der Waals surface area (Å²) in [5.41, 5.74) is 0. The Bertz CT molecular complexity index is 406. The third-order valence-corrected chi connectivity index (χ3v) is 3.56. The number of rotatable bonds is 10. The van der Waals surface area contributed by atoms with E-state index in [1.165, 1.54) is 24.0 Å². The molecule has 1 rings (SSSR count). The molecule has 2 unspecified atom stereocenters. The van der Waals surface area contributed by atoms with Crippen LogP contribution in [-0.4, -0.2) is 80.7 Å². The van der Waals surface area contributed by atoms with Crippen molar-refractivity contribution in [3.8, 4) is 0 Å². The average Bonchev–Trinajstić information content (AvgIpc) is 2.82. The highest BCUT2D eigenvalue weighted by Crippen LogP contribution is 2.25. The van der Waals surface area contributed by atoms with Crippen LogP contribution in [0.15, 0.2) is 0 Å².